The molecule has 0 atom stereocenters. The van der Waals surface area contributed by atoms with E-state index >= 15 is 0 Å². The summed E-state index contributed by atoms with van der Waals surface area (Å²) in [6, 6.07) is 7.04. The Bertz CT molecular complexity index is 876. The van der Waals surface area contributed by atoms with Crippen molar-refractivity contribution in [2.45, 2.75) is 0 Å². The quantitative estimate of drug-likeness (QED) is 0.428. The van der Waals surface area contributed by atoms with E-state index in [2.05, 4.69) is 10.2 Å². The van der Waals surface area contributed by atoms with Gasteiger partial charge in [0.15, 0.2) is 5.82 Å². The number of nitrogens with zero attached hydrogens (tertiary/aromatic N) is 3. The second-order valence-corrected chi connectivity index (χ2v) is 3.97. The van der Waals surface area contributed by atoms with Crippen LogP contribution in [-0.4, -0.2) is 20.7 Å². The first-order chi connectivity index (χ1) is 8.77. The van der Waals surface area contributed by atoms with Gasteiger partial charge in [0.05, 0.1) is 5.56 Å². The Balaban J connectivity index is 2.31. The molecule has 2 aromatic heterocycles. The van der Waals surface area contributed by atoms with Crippen molar-refractivity contribution in [2.24, 2.45) is 0 Å². The maximum atomic E-state index is 12.0. The van der Waals surface area contributed by atoms with Crippen molar-refractivity contribution in [3.05, 3.63) is 46.6 Å². The van der Waals surface area contributed by atoms with Crippen molar-refractivity contribution >= 4 is 16.9 Å². The van der Waals surface area contributed by atoms with Crippen molar-refractivity contribution < 1.29 is 9.21 Å². The van der Waals surface area contributed by atoms with Crippen LogP contribution < -0.4 is 5.63 Å². The van der Waals surface area contributed by atoms with Gasteiger partial charge in [-0.15, -0.1) is 10.2 Å². The molecule has 0 amide bonds. The van der Waals surface area contributed by atoms with Crippen LogP contribution in [-0.2, 0) is 0 Å². The predicted octanol–water partition coefficient (Wildman–Crippen LogP) is 1.05. The van der Waals surface area contributed by atoms with E-state index < -0.39 is 11.5 Å². The van der Waals surface area contributed by atoms with E-state index in [0.29, 0.717) is 22.4 Å². The number of rotatable bonds is 0. The summed E-state index contributed by atoms with van der Waals surface area (Å²) in [4.78, 5) is 23.9. The third kappa shape index (κ3) is 0.928. The molecule has 0 saturated carbocycles. The Morgan fingerprint density at radius 3 is 2.83 bits per heavy atom. The first-order valence-electron chi connectivity index (χ1n) is 5.28. The minimum Gasteiger partial charge on any atom is -0.422 e. The predicted molar refractivity (Wildman–Crippen MR) is 61.2 cm³/mol. The lowest BCUT2D eigenvalue weighted by atomic mass is 10.1. The standard InChI is InChI=1S/C12H5N3O3/c16-11-9-8(10-14-13-5-15(10)11)6-3-1-2-4-7(6)18-12(9)17/h1-5H. The molecule has 0 aliphatic carbocycles. The fraction of sp³-hybridized carbons (Fsp3) is 0. The molecule has 3 heterocycles. The second-order valence-electron chi connectivity index (χ2n) is 3.97. The summed E-state index contributed by atoms with van der Waals surface area (Å²) >= 11 is 0. The lowest BCUT2D eigenvalue weighted by Crippen LogP contribution is -2.15. The third-order valence-electron chi connectivity index (χ3n) is 3.02. The van der Waals surface area contributed by atoms with Gasteiger partial charge in [-0.3, -0.25) is 4.79 Å². The van der Waals surface area contributed by atoms with E-state index in [1.54, 1.807) is 18.2 Å². The van der Waals surface area contributed by atoms with Crippen LogP contribution >= 0.6 is 0 Å². The second kappa shape index (κ2) is 2.92. The fourth-order valence-corrected chi connectivity index (χ4v) is 2.25. The van der Waals surface area contributed by atoms with Crippen LogP contribution in [0.3, 0.4) is 0 Å². The number of aromatic nitrogens is 3. The van der Waals surface area contributed by atoms with Gasteiger partial charge in [-0.1, -0.05) is 18.2 Å². The SMILES string of the molecule is O=C1c2c(c3ccccc3oc2=O)-c2nncn21. The van der Waals surface area contributed by atoms with Crippen LogP contribution in [0.2, 0.25) is 0 Å². The zero-order valence-electron chi connectivity index (χ0n) is 8.95. The van der Waals surface area contributed by atoms with Gasteiger partial charge in [0.25, 0.3) is 5.91 Å². The molecule has 3 aromatic rings. The lowest BCUT2D eigenvalue weighted by molar-refractivity contribution is 0.0965. The van der Waals surface area contributed by atoms with Crippen LogP contribution in [0.4, 0.5) is 0 Å². The molecule has 0 bridgehead atoms. The summed E-state index contributed by atoms with van der Waals surface area (Å²) in [5, 5.41) is 8.27. The van der Waals surface area contributed by atoms with E-state index in [1.807, 2.05) is 6.07 Å². The summed E-state index contributed by atoms with van der Waals surface area (Å²) < 4.78 is 6.40. The van der Waals surface area contributed by atoms with Gasteiger partial charge in [-0.2, -0.15) is 0 Å². The van der Waals surface area contributed by atoms with Crippen LogP contribution in [0, 0.1) is 0 Å². The van der Waals surface area contributed by atoms with Crippen molar-refractivity contribution in [2.75, 3.05) is 0 Å². The lowest BCUT2D eigenvalue weighted by Gasteiger charge is -2.00. The number of hydrogen-bond donors (Lipinski definition) is 0. The first-order valence-corrected chi connectivity index (χ1v) is 5.28. The molecule has 0 saturated heterocycles. The highest BCUT2D eigenvalue weighted by Gasteiger charge is 2.33. The van der Waals surface area contributed by atoms with Crippen LogP contribution in [0.25, 0.3) is 22.4 Å². The average Bonchev–Trinajstić information content (AvgIpc) is 2.93. The van der Waals surface area contributed by atoms with Crippen molar-refractivity contribution in [1.82, 2.24) is 14.8 Å². The monoisotopic (exact) mass is 239 g/mol. The number of carbonyl (C=O) groups excluding carboxylic acids is 1. The Morgan fingerprint density at radius 1 is 1.11 bits per heavy atom. The summed E-state index contributed by atoms with van der Waals surface area (Å²) in [5.41, 5.74) is 0.327. The zero-order valence-corrected chi connectivity index (χ0v) is 8.95. The number of para-hydroxylation sites is 1. The van der Waals surface area contributed by atoms with Gasteiger partial charge in [0, 0.05) is 5.39 Å². The van der Waals surface area contributed by atoms with Crippen molar-refractivity contribution in [3.63, 3.8) is 0 Å². The normalized spacial score (nSPS) is 12.8. The minimum atomic E-state index is -0.640. The van der Waals surface area contributed by atoms with Crippen molar-refractivity contribution in [3.8, 4) is 11.4 Å². The molecule has 4 rings (SSSR count). The van der Waals surface area contributed by atoms with Gasteiger partial charge in [-0.25, -0.2) is 9.36 Å². The Labute approximate surface area is 99.5 Å². The van der Waals surface area contributed by atoms with Gasteiger partial charge < -0.3 is 4.42 Å². The van der Waals surface area contributed by atoms with Crippen LogP contribution in [0.1, 0.15) is 10.4 Å². The van der Waals surface area contributed by atoms with Gasteiger partial charge in [0.2, 0.25) is 0 Å². The highest BCUT2D eigenvalue weighted by atomic mass is 16.4. The molecular weight excluding hydrogens is 234 g/mol. The molecule has 6 nitrogen and oxygen atoms in total. The highest BCUT2D eigenvalue weighted by Crippen LogP contribution is 2.33. The Hall–Kier alpha value is -2.76. The molecule has 0 unspecified atom stereocenters. The van der Waals surface area contributed by atoms with E-state index in [-0.39, 0.29) is 5.56 Å². The Kier molecular flexibility index (Phi) is 1.51. The van der Waals surface area contributed by atoms with Gasteiger partial charge >= 0.3 is 5.63 Å². The molecule has 0 spiro atoms. The molecule has 18 heavy (non-hydrogen) atoms. The molecule has 1 aliphatic heterocycles. The third-order valence-corrected chi connectivity index (χ3v) is 3.02. The van der Waals surface area contributed by atoms with Crippen LogP contribution in [0.15, 0.2) is 39.8 Å². The van der Waals surface area contributed by atoms with Gasteiger partial charge in [0.1, 0.15) is 17.5 Å². The van der Waals surface area contributed by atoms with E-state index in [1.165, 1.54) is 10.9 Å². The molecular formula is C12H5N3O3. The molecule has 0 N–H and O–H groups in total. The molecule has 0 fully saturated rings. The highest BCUT2D eigenvalue weighted by molar-refractivity contribution is 6.13. The van der Waals surface area contributed by atoms with Gasteiger partial charge in [-0.05, 0) is 6.07 Å². The minimum absolute atomic E-state index is 0.0265. The summed E-state index contributed by atoms with van der Waals surface area (Å²) in [7, 11) is 0. The molecule has 6 heteroatoms. The average molecular weight is 239 g/mol. The number of hydrogen-bond acceptors (Lipinski definition) is 5. The number of carbonyl (C=O) groups is 1. The Morgan fingerprint density at radius 2 is 1.94 bits per heavy atom. The number of benzene rings is 1. The zero-order chi connectivity index (χ0) is 12.3. The largest absolute Gasteiger partial charge is 0.422 e. The molecule has 1 aromatic carbocycles. The topological polar surface area (TPSA) is 78.0 Å². The first kappa shape index (κ1) is 9.29. The summed E-state index contributed by atoms with van der Waals surface area (Å²) in [6.07, 6.45) is 1.30. The van der Waals surface area contributed by atoms with E-state index in [9.17, 15) is 9.59 Å². The summed E-state index contributed by atoms with van der Waals surface area (Å²) in [5.74, 6) is -0.0522. The molecule has 1 aliphatic rings. The van der Waals surface area contributed by atoms with E-state index in [0.717, 1.165) is 0 Å². The van der Waals surface area contributed by atoms with Crippen molar-refractivity contribution in [1.29, 1.82) is 0 Å². The maximum Gasteiger partial charge on any atom is 0.350 e. The van der Waals surface area contributed by atoms with E-state index in [4.69, 9.17) is 4.42 Å². The molecule has 86 valence electrons. The number of fused-ring (bicyclic) bond motifs is 5. The van der Waals surface area contributed by atoms with Crippen LogP contribution in [0.5, 0.6) is 0 Å². The fourth-order valence-electron chi connectivity index (χ4n) is 2.25. The summed E-state index contributed by atoms with van der Waals surface area (Å²) in [6.45, 7) is 0. The smallest absolute Gasteiger partial charge is 0.350 e. The maximum absolute atomic E-state index is 12.0. The molecule has 0 radical (unpaired) electrons.